The minimum Gasteiger partial charge on any atom is -0.496 e. The van der Waals surface area contributed by atoms with E-state index in [9.17, 15) is 14.4 Å². The van der Waals surface area contributed by atoms with Crippen molar-refractivity contribution in [3.05, 3.63) is 23.8 Å². The minimum atomic E-state index is -0.734. The number of carbonyl (C=O) groups excluding carboxylic acids is 3. The number of anilines is 1. The highest BCUT2D eigenvalue weighted by Crippen LogP contribution is 2.23. The second kappa shape index (κ2) is 9.73. The molecule has 1 aromatic rings. The Bertz CT molecular complexity index is 665. The summed E-state index contributed by atoms with van der Waals surface area (Å²) >= 11 is 0. The van der Waals surface area contributed by atoms with Crippen LogP contribution in [0.25, 0.3) is 0 Å². The number of nitrogens with two attached hydrogens (primary N) is 1. The van der Waals surface area contributed by atoms with Crippen molar-refractivity contribution in [1.29, 1.82) is 0 Å². The lowest BCUT2D eigenvalue weighted by Gasteiger charge is -2.22. The molecule has 0 aromatic heterocycles. The van der Waals surface area contributed by atoms with Gasteiger partial charge in [-0.2, -0.15) is 0 Å². The number of hydrogen-bond donors (Lipinski definition) is 4. The molecule has 3 amide bonds. The summed E-state index contributed by atoms with van der Waals surface area (Å²) in [5.41, 5.74) is 6.43. The van der Waals surface area contributed by atoms with Gasteiger partial charge < -0.3 is 25.8 Å². The third kappa shape index (κ3) is 5.43. The van der Waals surface area contributed by atoms with Crippen LogP contribution in [0.1, 0.15) is 23.2 Å². The lowest BCUT2D eigenvalue weighted by atomic mass is 10.1. The van der Waals surface area contributed by atoms with Gasteiger partial charge in [-0.25, -0.2) is 0 Å². The van der Waals surface area contributed by atoms with E-state index in [2.05, 4.69) is 16.0 Å². The van der Waals surface area contributed by atoms with Crippen LogP contribution in [0, 0.1) is 0 Å². The van der Waals surface area contributed by atoms with Gasteiger partial charge in [0.1, 0.15) is 11.8 Å². The van der Waals surface area contributed by atoms with Crippen molar-refractivity contribution in [3.8, 4) is 5.75 Å². The third-order valence-corrected chi connectivity index (χ3v) is 3.83. The van der Waals surface area contributed by atoms with Crippen LogP contribution in [0.4, 0.5) is 5.69 Å². The highest BCUT2D eigenvalue weighted by molar-refractivity contribution is 6.04. The van der Waals surface area contributed by atoms with E-state index in [4.69, 9.17) is 15.2 Å². The van der Waals surface area contributed by atoms with Crippen LogP contribution in [-0.4, -0.2) is 57.2 Å². The summed E-state index contributed by atoms with van der Waals surface area (Å²) in [5.74, 6) is -0.884. The monoisotopic (exact) mass is 364 g/mol. The second-order valence-corrected chi connectivity index (χ2v) is 5.72. The summed E-state index contributed by atoms with van der Waals surface area (Å²) in [6.45, 7) is 2.08. The maximum Gasteiger partial charge on any atom is 0.255 e. The molecule has 1 aliphatic heterocycles. The van der Waals surface area contributed by atoms with E-state index in [0.29, 0.717) is 37.6 Å². The van der Waals surface area contributed by atoms with E-state index in [1.165, 1.54) is 7.11 Å². The number of nitrogens with one attached hydrogen (secondary N) is 3. The average molecular weight is 364 g/mol. The van der Waals surface area contributed by atoms with Gasteiger partial charge in [-0.1, -0.05) is 0 Å². The lowest BCUT2D eigenvalue weighted by Crippen LogP contribution is -2.52. The number of hydrogen-bond acceptors (Lipinski definition) is 7. The van der Waals surface area contributed by atoms with Gasteiger partial charge in [0.2, 0.25) is 11.8 Å². The molecule has 5 N–H and O–H groups in total. The third-order valence-electron chi connectivity index (χ3n) is 3.83. The van der Waals surface area contributed by atoms with Crippen molar-refractivity contribution in [1.82, 2.24) is 10.6 Å². The van der Waals surface area contributed by atoms with E-state index in [1.807, 2.05) is 0 Å². The predicted octanol–water partition coefficient (Wildman–Crippen LogP) is -0.383. The Balaban J connectivity index is 1.96. The predicted molar refractivity (Wildman–Crippen MR) is 95.0 cm³/mol. The van der Waals surface area contributed by atoms with E-state index < -0.39 is 17.9 Å². The van der Waals surface area contributed by atoms with Gasteiger partial charge in [0.25, 0.3) is 5.91 Å². The molecule has 0 spiro atoms. The highest BCUT2D eigenvalue weighted by Gasteiger charge is 2.28. The molecule has 9 nitrogen and oxygen atoms in total. The Morgan fingerprint density at radius 3 is 2.85 bits per heavy atom. The van der Waals surface area contributed by atoms with Crippen molar-refractivity contribution in [2.45, 2.75) is 18.9 Å². The Morgan fingerprint density at radius 1 is 1.35 bits per heavy atom. The molecular formula is C17H24N4O5. The number of rotatable bonds is 9. The van der Waals surface area contributed by atoms with Crippen molar-refractivity contribution < 1.29 is 23.9 Å². The van der Waals surface area contributed by atoms with Crippen LogP contribution >= 0.6 is 0 Å². The van der Waals surface area contributed by atoms with Gasteiger partial charge >= 0.3 is 0 Å². The molecule has 2 rings (SSSR count). The van der Waals surface area contributed by atoms with Gasteiger partial charge in [0, 0.05) is 31.3 Å². The fourth-order valence-corrected chi connectivity index (χ4v) is 2.51. The molecule has 1 atom stereocenters. The van der Waals surface area contributed by atoms with Crippen LogP contribution < -0.4 is 26.4 Å². The Morgan fingerprint density at radius 2 is 2.15 bits per heavy atom. The first-order valence-electron chi connectivity index (χ1n) is 8.39. The Labute approximate surface area is 151 Å². The van der Waals surface area contributed by atoms with Crippen LogP contribution in [0.15, 0.2) is 18.2 Å². The molecule has 0 radical (unpaired) electrons. The second-order valence-electron chi connectivity index (χ2n) is 5.72. The normalized spacial score (nSPS) is 16.8. The lowest BCUT2D eigenvalue weighted by molar-refractivity contribution is -0.134. The molecule has 0 aliphatic carbocycles. The molecule has 0 bridgehead atoms. The van der Waals surface area contributed by atoms with Crippen LogP contribution in [0.2, 0.25) is 0 Å². The van der Waals surface area contributed by atoms with Crippen LogP contribution in [-0.2, 0) is 14.3 Å². The summed E-state index contributed by atoms with van der Waals surface area (Å²) in [5, 5.41) is 8.00. The summed E-state index contributed by atoms with van der Waals surface area (Å²) in [6.07, 6.45) is 0.476. The number of carbonyl (C=O) groups is 3. The molecule has 1 aliphatic rings. The first-order valence-corrected chi connectivity index (χ1v) is 8.39. The molecule has 1 heterocycles. The Kier molecular flexibility index (Phi) is 7.37. The van der Waals surface area contributed by atoms with E-state index >= 15 is 0 Å². The number of benzene rings is 1. The zero-order valence-corrected chi connectivity index (χ0v) is 14.7. The van der Waals surface area contributed by atoms with Crippen LogP contribution in [0.5, 0.6) is 5.75 Å². The fourth-order valence-electron chi connectivity index (χ4n) is 2.51. The first-order chi connectivity index (χ1) is 12.5. The number of ether oxygens (including phenoxy) is 2. The van der Waals surface area contributed by atoms with Gasteiger partial charge in [0.15, 0.2) is 0 Å². The van der Waals surface area contributed by atoms with E-state index in [1.54, 1.807) is 18.2 Å². The molecule has 26 heavy (non-hydrogen) atoms. The fraction of sp³-hybridized carbons (Fsp3) is 0.471. The highest BCUT2D eigenvalue weighted by atomic mass is 16.5. The molecule has 0 saturated carbocycles. The van der Waals surface area contributed by atoms with Crippen molar-refractivity contribution in [2.24, 2.45) is 5.73 Å². The first kappa shape index (κ1) is 19.7. The molecular weight excluding hydrogens is 340 g/mol. The number of methoxy groups -OCH3 is 1. The summed E-state index contributed by atoms with van der Waals surface area (Å²) in [6, 6.07) is 4.32. The number of piperidine rings is 1. The van der Waals surface area contributed by atoms with Gasteiger partial charge in [0.05, 0.1) is 25.9 Å². The molecule has 1 fully saturated rings. The SMILES string of the molecule is COc1cc(NCCOCCN)ccc1C(=O)NC1CCC(=O)NC1=O. The zero-order valence-electron chi connectivity index (χ0n) is 14.7. The number of amides is 3. The van der Waals surface area contributed by atoms with Crippen molar-refractivity contribution in [2.75, 3.05) is 38.7 Å². The number of imide groups is 1. The van der Waals surface area contributed by atoms with Crippen molar-refractivity contribution >= 4 is 23.4 Å². The molecule has 1 unspecified atom stereocenters. The quantitative estimate of drug-likeness (QED) is 0.347. The summed E-state index contributed by atoms with van der Waals surface area (Å²) in [4.78, 5) is 35.4. The Hall–Kier alpha value is -2.65. The molecule has 1 aromatic carbocycles. The molecule has 9 heteroatoms. The standard InChI is InChI=1S/C17H24N4O5/c1-25-14-10-11(19-7-9-26-8-6-18)2-3-12(14)16(23)20-13-4-5-15(22)21-17(13)24/h2-3,10,13,19H,4-9,18H2,1H3,(H,20,23)(H,21,22,24). The average Bonchev–Trinajstić information content (AvgIpc) is 2.63. The van der Waals surface area contributed by atoms with E-state index in [-0.39, 0.29) is 18.7 Å². The summed E-state index contributed by atoms with van der Waals surface area (Å²) in [7, 11) is 1.46. The smallest absolute Gasteiger partial charge is 0.255 e. The maximum absolute atomic E-state index is 12.5. The van der Waals surface area contributed by atoms with E-state index in [0.717, 1.165) is 5.69 Å². The molecule has 1 saturated heterocycles. The largest absolute Gasteiger partial charge is 0.496 e. The minimum absolute atomic E-state index is 0.197. The molecule has 142 valence electrons. The van der Waals surface area contributed by atoms with Gasteiger partial charge in [-0.05, 0) is 18.6 Å². The van der Waals surface area contributed by atoms with Crippen molar-refractivity contribution in [3.63, 3.8) is 0 Å². The summed E-state index contributed by atoms with van der Waals surface area (Å²) < 4.78 is 10.6. The van der Waals surface area contributed by atoms with Gasteiger partial charge in [-0.3, -0.25) is 19.7 Å². The van der Waals surface area contributed by atoms with Crippen LogP contribution in [0.3, 0.4) is 0 Å². The van der Waals surface area contributed by atoms with Gasteiger partial charge in [-0.15, -0.1) is 0 Å². The zero-order chi connectivity index (χ0) is 18.9. The topological polar surface area (TPSA) is 132 Å². The maximum atomic E-state index is 12.5.